The Morgan fingerprint density at radius 2 is 1.40 bits per heavy atom. The predicted octanol–water partition coefficient (Wildman–Crippen LogP) is 9.03. The van der Waals surface area contributed by atoms with Crippen molar-refractivity contribution in [3.63, 3.8) is 0 Å². The molecule has 6 heteroatoms. The largest absolute Gasteiger partial charge is 0.486 e. The van der Waals surface area contributed by atoms with Crippen LogP contribution in [0.4, 0.5) is 0 Å². The van der Waals surface area contributed by atoms with Crippen LogP contribution in [-0.2, 0) is 20.1 Å². The smallest absolute Gasteiger partial charge is 0.219 e. The van der Waals surface area contributed by atoms with Gasteiger partial charge in [0.05, 0.1) is 22.0 Å². The van der Waals surface area contributed by atoms with E-state index >= 15 is 0 Å². The molecule has 0 atom stereocenters. The topological polar surface area (TPSA) is 56.2 Å². The molecule has 0 amide bonds. The van der Waals surface area contributed by atoms with E-state index in [4.69, 9.17) is 4.42 Å². The van der Waals surface area contributed by atoms with Crippen molar-refractivity contribution in [2.45, 2.75) is 27.7 Å². The Bertz CT molecular complexity index is 2250. The number of fused-ring (bicyclic) bond motifs is 7. The van der Waals surface area contributed by atoms with Gasteiger partial charge in [-0.25, -0.2) is 4.98 Å². The first-order valence-electron chi connectivity index (χ1n) is 13.9. The summed E-state index contributed by atoms with van der Waals surface area (Å²) in [5.41, 5.74) is 12.3. The number of aromatic nitrogens is 4. The molecule has 0 aliphatic carbocycles. The monoisotopic (exact) mass is 737 g/mol. The minimum Gasteiger partial charge on any atom is -0.486 e. The van der Waals surface area contributed by atoms with E-state index in [1.54, 1.807) is 0 Å². The van der Waals surface area contributed by atoms with Gasteiger partial charge in [-0.15, -0.1) is 54.1 Å². The van der Waals surface area contributed by atoms with Crippen LogP contribution in [0.25, 0.3) is 61.0 Å². The molecule has 0 aliphatic heterocycles. The van der Waals surface area contributed by atoms with E-state index in [1.165, 1.54) is 27.6 Å². The maximum atomic E-state index is 6.22. The zero-order valence-electron chi connectivity index (χ0n) is 24.3. The van der Waals surface area contributed by atoms with Gasteiger partial charge in [-0.2, -0.15) is 0 Å². The number of aryl methyl sites for hydroxylation is 4. The van der Waals surface area contributed by atoms with Crippen molar-refractivity contribution in [3.05, 3.63) is 132 Å². The summed E-state index contributed by atoms with van der Waals surface area (Å²) in [5, 5.41) is 3.24. The van der Waals surface area contributed by atoms with Gasteiger partial charge in [0.25, 0.3) is 0 Å². The van der Waals surface area contributed by atoms with E-state index in [0.717, 1.165) is 49.9 Å². The van der Waals surface area contributed by atoms with Crippen molar-refractivity contribution >= 4 is 38.5 Å². The van der Waals surface area contributed by atoms with Crippen molar-refractivity contribution in [1.82, 2.24) is 19.4 Å². The Morgan fingerprint density at radius 3 is 2.14 bits per heavy atom. The van der Waals surface area contributed by atoms with Crippen molar-refractivity contribution in [2.75, 3.05) is 0 Å². The first kappa shape index (κ1) is 28.5. The SMILES string of the molecule is Cc1cnc(-c2[c-]ccc3c2oc2ncn4c5ccccc5cc4c23)cc1C.Cc1cnc(-c2[c-]cccc2)cc1C.[Ir]. The molecule has 1 radical (unpaired) electrons. The van der Waals surface area contributed by atoms with E-state index in [-0.39, 0.29) is 20.1 Å². The molecule has 213 valence electrons. The Morgan fingerprint density at radius 1 is 0.674 bits per heavy atom. The summed E-state index contributed by atoms with van der Waals surface area (Å²) in [6.07, 6.45) is 5.64. The van der Waals surface area contributed by atoms with E-state index in [1.807, 2.05) is 61.2 Å². The van der Waals surface area contributed by atoms with Crippen LogP contribution in [0, 0.1) is 39.8 Å². The second-order valence-electron chi connectivity index (χ2n) is 10.7. The third-order valence-electron chi connectivity index (χ3n) is 7.91. The molecule has 5 nitrogen and oxygen atoms in total. The average molecular weight is 737 g/mol. The number of furan rings is 1. The molecule has 8 aromatic rings. The summed E-state index contributed by atoms with van der Waals surface area (Å²) < 4.78 is 8.34. The summed E-state index contributed by atoms with van der Waals surface area (Å²) in [6.45, 7) is 8.33. The average Bonchev–Trinajstić information content (AvgIpc) is 3.59. The molecule has 0 N–H and O–H groups in total. The second kappa shape index (κ2) is 11.6. The van der Waals surface area contributed by atoms with Gasteiger partial charge in [-0.1, -0.05) is 52.4 Å². The number of nitrogens with zero attached hydrogens (tertiary/aromatic N) is 4. The van der Waals surface area contributed by atoms with Crippen LogP contribution in [0.5, 0.6) is 0 Å². The third-order valence-corrected chi connectivity index (χ3v) is 7.91. The normalized spacial score (nSPS) is 11.1. The number of hydrogen-bond donors (Lipinski definition) is 0. The Labute approximate surface area is 263 Å². The molecule has 0 fully saturated rings. The van der Waals surface area contributed by atoms with Crippen molar-refractivity contribution in [1.29, 1.82) is 0 Å². The van der Waals surface area contributed by atoms with Gasteiger partial charge >= 0.3 is 0 Å². The summed E-state index contributed by atoms with van der Waals surface area (Å²) in [4.78, 5) is 13.6. The molecule has 0 saturated carbocycles. The maximum Gasteiger partial charge on any atom is 0.219 e. The third kappa shape index (κ3) is 5.14. The first-order valence-corrected chi connectivity index (χ1v) is 13.9. The molecule has 5 aromatic heterocycles. The second-order valence-corrected chi connectivity index (χ2v) is 10.7. The molecule has 0 aliphatic rings. The van der Waals surface area contributed by atoms with Crippen LogP contribution in [0.15, 0.2) is 102 Å². The fourth-order valence-corrected chi connectivity index (χ4v) is 5.27. The van der Waals surface area contributed by atoms with Crippen molar-refractivity contribution in [2.24, 2.45) is 0 Å². The fraction of sp³-hybridized carbons (Fsp3) is 0.108. The Kier molecular flexibility index (Phi) is 7.66. The van der Waals surface area contributed by atoms with Crippen molar-refractivity contribution in [3.8, 4) is 22.5 Å². The van der Waals surface area contributed by atoms with Crippen LogP contribution >= 0.6 is 0 Å². The number of rotatable bonds is 2. The number of para-hydroxylation sites is 1. The summed E-state index contributed by atoms with van der Waals surface area (Å²) in [7, 11) is 0. The summed E-state index contributed by atoms with van der Waals surface area (Å²) in [5.74, 6) is 0. The Balaban J connectivity index is 0.000000186. The zero-order valence-corrected chi connectivity index (χ0v) is 26.7. The molecule has 0 saturated heterocycles. The van der Waals surface area contributed by atoms with E-state index in [9.17, 15) is 0 Å². The van der Waals surface area contributed by atoms with Crippen LogP contribution < -0.4 is 0 Å². The quantitative estimate of drug-likeness (QED) is 0.166. The van der Waals surface area contributed by atoms with E-state index in [2.05, 4.69) is 95.6 Å². The van der Waals surface area contributed by atoms with Gasteiger partial charge in [0, 0.05) is 37.9 Å². The summed E-state index contributed by atoms with van der Waals surface area (Å²) >= 11 is 0. The zero-order chi connectivity index (χ0) is 28.8. The Hall–Kier alpha value is -4.64. The standard InChI is InChI=1S/C24H16N3O.C13H12N.Ir/c1-14-10-19(25-12-15(14)2)17-7-5-8-18-22-21-11-16-6-3-4-9-20(16)27(21)13-26-24(22)28-23(17)18;1-10-8-13(14-9-11(10)2)12-6-4-3-5-7-12;/h3-6,8-13H,1-2H3;3-6,8-9H,1-2H3;/q2*-1;. The van der Waals surface area contributed by atoms with Crippen molar-refractivity contribution < 1.29 is 24.5 Å². The van der Waals surface area contributed by atoms with Gasteiger partial charge in [-0.3, -0.25) is 4.40 Å². The van der Waals surface area contributed by atoms with Gasteiger partial charge in [0.15, 0.2) is 0 Å². The molecular weight excluding hydrogens is 709 g/mol. The van der Waals surface area contributed by atoms with Gasteiger partial charge < -0.3 is 14.4 Å². The van der Waals surface area contributed by atoms with Crippen LogP contribution in [-0.4, -0.2) is 19.4 Å². The first-order chi connectivity index (χ1) is 20.5. The van der Waals surface area contributed by atoms with Gasteiger partial charge in [-0.05, 0) is 62.3 Å². The van der Waals surface area contributed by atoms with Crippen LogP contribution in [0.2, 0.25) is 0 Å². The molecule has 8 rings (SSSR count). The number of benzene rings is 3. The molecule has 0 bridgehead atoms. The van der Waals surface area contributed by atoms with Gasteiger partial charge in [0.1, 0.15) is 6.33 Å². The molecule has 5 heterocycles. The van der Waals surface area contributed by atoms with E-state index < -0.39 is 0 Å². The summed E-state index contributed by atoms with van der Waals surface area (Å²) in [6, 6.07) is 33.1. The number of pyridine rings is 2. The van der Waals surface area contributed by atoms with Gasteiger partial charge in [0.2, 0.25) is 5.71 Å². The molecule has 0 spiro atoms. The van der Waals surface area contributed by atoms with Crippen LogP contribution in [0.3, 0.4) is 0 Å². The molecule has 0 unspecified atom stereocenters. The predicted molar refractivity (Wildman–Crippen MR) is 169 cm³/mol. The number of hydrogen-bond acceptors (Lipinski definition) is 4. The maximum absolute atomic E-state index is 6.22. The minimum absolute atomic E-state index is 0. The molecule has 3 aromatic carbocycles. The fourth-order valence-electron chi connectivity index (χ4n) is 5.27. The molecule has 43 heavy (non-hydrogen) atoms. The van der Waals surface area contributed by atoms with E-state index in [0.29, 0.717) is 5.71 Å². The van der Waals surface area contributed by atoms with Crippen LogP contribution in [0.1, 0.15) is 22.3 Å². The molecular formula is C37H28IrN4O-2. The minimum atomic E-state index is 0.